The van der Waals surface area contributed by atoms with E-state index in [1.54, 1.807) is 56.5 Å². The van der Waals surface area contributed by atoms with Gasteiger partial charge in [-0.15, -0.1) is 0 Å². The monoisotopic (exact) mass is 397 g/mol. The molecular formula is C21H23N3O5. The number of anilines is 1. The summed E-state index contributed by atoms with van der Waals surface area (Å²) in [4.78, 5) is 25.3. The summed E-state index contributed by atoms with van der Waals surface area (Å²) in [6.07, 6.45) is 0. The molecule has 152 valence electrons. The molecule has 29 heavy (non-hydrogen) atoms. The first-order valence-electron chi connectivity index (χ1n) is 8.93. The Morgan fingerprint density at radius 2 is 1.79 bits per heavy atom. The van der Waals surface area contributed by atoms with E-state index in [2.05, 4.69) is 16.0 Å². The van der Waals surface area contributed by atoms with Gasteiger partial charge in [-0.25, -0.2) is 4.79 Å². The van der Waals surface area contributed by atoms with Crippen molar-refractivity contribution in [3.8, 4) is 17.2 Å². The van der Waals surface area contributed by atoms with Crippen molar-refractivity contribution in [1.82, 2.24) is 10.6 Å². The lowest BCUT2D eigenvalue weighted by Gasteiger charge is -2.30. The zero-order chi connectivity index (χ0) is 21.0. The number of amides is 3. The van der Waals surface area contributed by atoms with Gasteiger partial charge < -0.3 is 30.2 Å². The second-order valence-electron chi connectivity index (χ2n) is 6.34. The molecule has 1 unspecified atom stereocenters. The minimum atomic E-state index is -0.723. The number of methoxy groups -OCH3 is 3. The molecule has 2 aromatic rings. The number of para-hydroxylation sites is 1. The molecule has 0 bridgehead atoms. The summed E-state index contributed by atoms with van der Waals surface area (Å²) >= 11 is 0. The van der Waals surface area contributed by atoms with Gasteiger partial charge in [-0.1, -0.05) is 18.2 Å². The zero-order valence-corrected chi connectivity index (χ0v) is 16.7. The molecule has 1 atom stereocenters. The first-order valence-corrected chi connectivity index (χ1v) is 8.93. The van der Waals surface area contributed by atoms with E-state index < -0.39 is 12.1 Å². The second-order valence-corrected chi connectivity index (χ2v) is 6.34. The van der Waals surface area contributed by atoms with Gasteiger partial charge in [0.2, 0.25) is 0 Å². The molecule has 0 radical (unpaired) electrons. The van der Waals surface area contributed by atoms with E-state index in [-0.39, 0.29) is 5.91 Å². The highest BCUT2D eigenvalue weighted by atomic mass is 16.5. The molecule has 0 saturated carbocycles. The van der Waals surface area contributed by atoms with E-state index in [1.807, 2.05) is 0 Å². The summed E-state index contributed by atoms with van der Waals surface area (Å²) in [6, 6.07) is 11.2. The Morgan fingerprint density at radius 1 is 1.03 bits per heavy atom. The Hall–Kier alpha value is -3.68. The largest absolute Gasteiger partial charge is 0.497 e. The molecule has 8 heteroatoms. The Kier molecular flexibility index (Phi) is 5.92. The number of carbonyl (C=O) groups excluding carboxylic acids is 2. The molecule has 0 spiro atoms. The highest BCUT2D eigenvalue weighted by Crippen LogP contribution is 2.39. The molecule has 3 rings (SSSR count). The Bertz CT molecular complexity index is 971. The third kappa shape index (κ3) is 4.11. The van der Waals surface area contributed by atoms with Crippen molar-refractivity contribution in [1.29, 1.82) is 0 Å². The fourth-order valence-electron chi connectivity index (χ4n) is 3.27. The molecule has 0 aromatic heterocycles. The van der Waals surface area contributed by atoms with Crippen molar-refractivity contribution >= 4 is 17.6 Å². The number of benzene rings is 2. The molecule has 8 nitrogen and oxygen atoms in total. The summed E-state index contributed by atoms with van der Waals surface area (Å²) in [7, 11) is 4.59. The maximum atomic E-state index is 13.1. The smallest absolute Gasteiger partial charge is 0.319 e. The number of urea groups is 1. The molecule has 1 aliphatic heterocycles. The van der Waals surface area contributed by atoms with Crippen molar-refractivity contribution in [2.75, 3.05) is 26.6 Å². The number of carbonyl (C=O) groups is 2. The van der Waals surface area contributed by atoms with Gasteiger partial charge in [-0.05, 0) is 25.1 Å². The van der Waals surface area contributed by atoms with Crippen molar-refractivity contribution in [2.24, 2.45) is 0 Å². The number of hydrogen-bond donors (Lipinski definition) is 3. The van der Waals surface area contributed by atoms with E-state index in [0.717, 1.165) is 0 Å². The summed E-state index contributed by atoms with van der Waals surface area (Å²) in [5, 5.41) is 8.31. The number of nitrogens with one attached hydrogen (secondary N) is 3. The Balaban J connectivity index is 2.01. The highest BCUT2D eigenvalue weighted by molar-refractivity contribution is 6.07. The van der Waals surface area contributed by atoms with Gasteiger partial charge in [0, 0.05) is 23.0 Å². The molecule has 1 aliphatic rings. The van der Waals surface area contributed by atoms with Gasteiger partial charge in [0.1, 0.15) is 5.75 Å². The minimum Gasteiger partial charge on any atom is -0.497 e. The van der Waals surface area contributed by atoms with Crippen LogP contribution in [0, 0.1) is 0 Å². The van der Waals surface area contributed by atoms with Crippen LogP contribution in [-0.2, 0) is 4.79 Å². The van der Waals surface area contributed by atoms with Gasteiger partial charge in [0.05, 0.1) is 32.9 Å². The number of rotatable bonds is 6. The van der Waals surface area contributed by atoms with Gasteiger partial charge in [0.25, 0.3) is 5.91 Å². The first kappa shape index (κ1) is 20.1. The van der Waals surface area contributed by atoms with E-state index >= 15 is 0 Å². The molecule has 1 heterocycles. The topological polar surface area (TPSA) is 97.9 Å². The number of allylic oxidation sites excluding steroid dienone is 1. The predicted molar refractivity (Wildman–Crippen MR) is 108 cm³/mol. The quantitative estimate of drug-likeness (QED) is 0.696. The maximum absolute atomic E-state index is 13.1. The van der Waals surface area contributed by atoms with E-state index in [9.17, 15) is 9.59 Å². The lowest BCUT2D eigenvalue weighted by atomic mass is 9.93. The average molecular weight is 397 g/mol. The molecule has 3 N–H and O–H groups in total. The number of ether oxygens (including phenoxy) is 3. The molecule has 0 fully saturated rings. The van der Waals surface area contributed by atoms with Crippen LogP contribution in [0.5, 0.6) is 17.2 Å². The van der Waals surface area contributed by atoms with E-state index in [4.69, 9.17) is 14.2 Å². The van der Waals surface area contributed by atoms with Crippen LogP contribution < -0.4 is 30.2 Å². The summed E-state index contributed by atoms with van der Waals surface area (Å²) in [5.41, 5.74) is 1.99. The van der Waals surface area contributed by atoms with Gasteiger partial charge >= 0.3 is 6.03 Å². The van der Waals surface area contributed by atoms with E-state index in [0.29, 0.717) is 39.8 Å². The van der Waals surface area contributed by atoms with Crippen LogP contribution >= 0.6 is 0 Å². The molecule has 0 saturated heterocycles. The highest BCUT2D eigenvalue weighted by Gasteiger charge is 2.33. The van der Waals surface area contributed by atoms with Crippen LogP contribution in [0.3, 0.4) is 0 Å². The molecular weight excluding hydrogens is 374 g/mol. The molecule has 3 amide bonds. The average Bonchev–Trinajstić information content (AvgIpc) is 2.72. The molecule has 0 aliphatic carbocycles. The van der Waals surface area contributed by atoms with Crippen LogP contribution in [0.25, 0.3) is 0 Å². The lowest BCUT2D eigenvalue weighted by Crippen LogP contribution is -2.46. The van der Waals surface area contributed by atoms with Crippen molar-refractivity contribution in [3.05, 3.63) is 59.3 Å². The van der Waals surface area contributed by atoms with Crippen LogP contribution in [0.1, 0.15) is 18.5 Å². The number of hydrogen-bond acceptors (Lipinski definition) is 5. The third-order valence-electron chi connectivity index (χ3n) is 4.59. The standard InChI is InChI=1S/C21H23N3O5/c1-12-17(20(25)23-13-7-5-8-14(11-13)27-2)18(24-21(26)22-12)15-9-6-10-16(28-3)19(15)29-4/h5-11,18H,1-4H3,(H,23,25)(H2,22,24,26). The van der Waals surface area contributed by atoms with Gasteiger partial charge in [-0.2, -0.15) is 0 Å². The fourth-order valence-corrected chi connectivity index (χ4v) is 3.27. The fraction of sp³-hybridized carbons (Fsp3) is 0.238. The van der Waals surface area contributed by atoms with Crippen LogP contribution in [0.2, 0.25) is 0 Å². The van der Waals surface area contributed by atoms with Gasteiger partial charge in [0.15, 0.2) is 11.5 Å². The van der Waals surface area contributed by atoms with Crippen molar-refractivity contribution in [2.45, 2.75) is 13.0 Å². The third-order valence-corrected chi connectivity index (χ3v) is 4.59. The first-order chi connectivity index (χ1) is 14.0. The minimum absolute atomic E-state index is 0.360. The van der Waals surface area contributed by atoms with Crippen LogP contribution in [-0.4, -0.2) is 33.3 Å². The summed E-state index contributed by atoms with van der Waals surface area (Å²) < 4.78 is 16.1. The summed E-state index contributed by atoms with van der Waals surface area (Å²) in [6.45, 7) is 1.68. The van der Waals surface area contributed by atoms with E-state index in [1.165, 1.54) is 14.2 Å². The van der Waals surface area contributed by atoms with Crippen LogP contribution in [0.15, 0.2) is 53.7 Å². The predicted octanol–water partition coefficient (Wildman–Crippen LogP) is 2.98. The lowest BCUT2D eigenvalue weighted by molar-refractivity contribution is -0.113. The van der Waals surface area contributed by atoms with Crippen LogP contribution in [0.4, 0.5) is 10.5 Å². The SMILES string of the molecule is COc1cccc(NC(=O)C2=C(C)NC(=O)NC2c2cccc(OC)c2OC)c1. The van der Waals surface area contributed by atoms with Crippen molar-refractivity contribution in [3.63, 3.8) is 0 Å². The second kappa shape index (κ2) is 8.55. The van der Waals surface area contributed by atoms with Crippen molar-refractivity contribution < 1.29 is 23.8 Å². The summed E-state index contributed by atoms with van der Waals surface area (Å²) in [5.74, 6) is 1.21. The zero-order valence-electron chi connectivity index (χ0n) is 16.7. The normalized spacial score (nSPS) is 15.9. The van der Waals surface area contributed by atoms with Gasteiger partial charge in [-0.3, -0.25) is 4.79 Å². The molecule has 2 aromatic carbocycles. The Morgan fingerprint density at radius 3 is 2.48 bits per heavy atom. The maximum Gasteiger partial charge on any atom is 0.319 e. The Labute approximate surface area is 168 Å².